The van der Waals surface area contributed by atoms with Crippen molar-refractivity contribution in [2.24, 2.45) is 5.41 Å². The van der Waals surface area contributed by atoms with Crippen molar-refractivity contribution in [3.63, 3.8) is 0 Å². The first-order valence-electron chi connectivity index (χ1n) is 8.37. The number of benzene rings is 2. The first-order chi connectivity index (χ1) is 15.3. The molecule has 0 amide bonds. The quantitative estimate of drug-likeness (QED) is 0.404. The summed E-state index contributed by atoms with van der Waals surface area (Å²) in [5.74, 6) is 6.57. The Morgan fingerprint density at radius 1 is 0.781 bits per heavy atom. The maximum atomic E-state index is 7.50. The summed E-state index contributed by atoms with van der Waals surface area (Å²) in [6.07, 6.45) is 0. The van der Waals surface area contributed by atoms with E-state index in [4.69, 9.17) is 23.3 Å². The Balaban J connectivity index is -0.000000345. The average Bonchev–Trinajstić information content (AvgIpc) is 2.85. The second-order valence-electron chi connectivity index (χ2n) is 6.37. The van der Waals surface area contributed by atoms with Crippen molar-refractivity contribution in [2.75, 3.05) is 5.32 Å². The molecule has 0 heterocycles. The molecule has 0 fully saturated rings. The van der Waals surface area contributed by atoms with E-state index in [2.05, 4.69) is 124 Å². The van der Waals surface area contributed by atoms with E-state index in [1.54, 1.807) is 0 Å². The van der Waals surface area contributed by atoms with Crippen molar-refractivity contribution in [1.82, 2.24) is 0 Å². The van der Waals surface area contributed by atoms with E-state index in [9.17, 15) is 0 Å². The topological polar surface area (TPSA) is 112 Å². The molecule has 2 aromatic rings. The van der Waals surface area contributed by atoms with Crippen LogP contribution in [0, 0.1) is 57.4 Å². The van der Waals surface area contributed by atoms with Gasteiger partial charge in [0, 0.05) is 0 Å². The molecule has 0 unspecified atom stereocenters. The number of nitrogens with one attached hydrogen (secondary N) is 1. The average molecular weight is 467 g/mol. The molecule has 0 spiro atoms. The zero-order valence-corrected chi connectivity index (χ0v) is 19.3. The third kappa shape index (κ3) is 17.7. The molecule has 2 rings (SSSR count). The van der Waals surface area contributed by atoms with Crippen molar-refractivity contribution in [3.05, 3.63) is 98.5 Å². The molecule has 32 heavy (non-hydrogen) atoms. The molecule has 0 saturated carbocycles. The minimum absolute atomic E-state index is 0.00501. The molecule has 0 saturated heterocycles. The van der Waals surface area contributed by atoms with Gasteiger partial charge in [-0.1, -0.05) is 0 Å². The van der Waals surface area contributed by atoms with Gasteiger partial charge < -0.3 is 0 Å². The normalized spacial score (nSPS) is 7.56. The fraction of sp³-hybridized carbons (Fsp3) is 0.200. The number of para-hydroxylation sites is 1. The molecular formula is C25H21CrNO5. The molecule has 0 aliphatic rings. The van der Waals surface area contributed by atoms with E-state index in [-0.39, 0.29) is 5.41 Å². The van der Waals surface area contributed by atoms with Gasteiger partial charge >= 0.3 is 198 Å². The van der Waals surface area contributed by atoms with Crippen LogP contribution in [0.2, 0.25) is 0 Å². The molecular weight excluding hydrogens is 446 g/mol. The van der Waals surface area contributed by atoms with Gasteiger partial charge in [-0.15, -0.1) is 0 Å². The van der Waals surface area contributed by atoms with Crippen LogP contribution in [0.4, 0.5) is 5.69 Å². The summed E-state index contributed by atoms with van der Waals surface area (Å²) < 4.78 is 38.5. The molecule has 0 atom stereocenters. The Bertz CT molecular complexity index is 916. The minimum atomic E-state index is -0.00501. The third-order valence-corrected chi connectivity index (χ3v) is 3.59. The summed E-state index contributed by atoms with van der Waals surface area (Å²) >= 11 is 3.12. The monoisotopic (exact) mass is 467 g/mol. The number of rotatable bonds is 3. The Hall–Kier alpha value is -3.10. The van der Waals surface area contributed by atoms with Crippen molar-refractivity contribution in [2.45, 2.75) is 27.7 Å². The van der Waals surface area contributed by atoms with Gasteiger partial charge in [-0.3, -0.25) is 0 Å². The van der Waals surface area contributed by atoms with Crippen molar-refractivity contribution in [3.8, 4) is 11.8 Å². The Morgan fingerprint density at radius 2 is 1.22 bits per heavy atom. The molecule has 0 aliphatic carbocycles. The van der Waals surface area contributed by atoms with Crippen LogP contribution in [0.5, 0.6) is 0 Å². The van der Waals surface area contributed by atoms with Crippen LogP contribution in [0.25, 0.3) is 0 Å². The predicted octanol–water partition coefficient (Wildman–Crippen LogP) is 4.34. The fourth-order valence-electron chi connectivity index (χ4n) is 1.86. The molecule has 2 aromatic carbocycles. The van der Waals surface area contributed by atoms with Gasteiger partial charge in [0.2, 0.25) is 0 Å². The number of anilines is 1. The standard InChI is InChI=1S/C20H21N.5CO.Cr/c1-16-9-11-17(12-10-16)15-21-19-8-6-5-7-18(19)13-14-20(2,3)4;5*1-2;/h5-12,21H,1-4H3;;;;;;. The summed E-state index contributed by atoms with van der Waals surface area (Å²) in [5, 5.41) is 3.44. The van der Waals surface area contributed by atoms with E-state index < -0.39 is 0 Å². The zero-order valence-electron chi connectivity index (χ0n) is 18.1. The van der Waals surface area contributed by atoms with Crippen molar-refractivity contribution in [1.29, 1.82) is 0 Å². The molecule has 0 aliphatic heterocycles. The molecule has 162 valence electrons. The second-order valence-corrected chi connectivity index (χ2v) is 7.00. The summed E-state index contributed by atoms with van der Waals surface area (Å²) in [5.41, 5.74) is 4.43. The van der Waals surface area contributed by atoms with Gasteiger partial charge in [0.25, 0.3) is 0 Å². The van der Waals surface area contributed by atoms with Crippen molar-refractivity contribution >= 4 is 10.2 Å². The van der Waals surface area contributed by atoms with Crippen LogP contribution >= 0.6 is 0 Å². The van der Waals surface area contributed by atoms with Gasteiger partial charge in [0.1, 0.15) is 0 Å². The first kappa shape index (κ1) is 36.3. The van der Waals surface area contributed by atoms with E-state index in [1.807, 2.05) is 18.2 Å². The maximum absolute atomic E-state index is 7.50. The molecule has 0 bridgehead atoms. The van der Waals surface area contributed by atoms with E-state index in [0.717, 1.165) is 21.3 Å². The predicted molar refractivity (Wildman–Crippen MR) is 111 cm³/mol. The molecule has 6 nitrogen and oxygen atoms in total. The van der Waals surface area contributed by atoms with Crippen LogP contribution in [-0.4, -0.2) is 4.50 Å². The summed E-state index contributed by atoms with van der Waals surface area (Å²) in [7, 11) is 0. The first-order valence-corrected chi connectivity index (χ1v) is 9.01. The Morgan fingerprint density at radius 3 is 1.66 bits per heavy atom. The van der Waals surface area contributed by atoms with Crippen LogP contribution in [-0.2, 0) is 39.1 Å². The zero-order chi connectivity index (χ0) is 26.2. The third-order valence-electron chi connectivity index (χ3n) is 3.06. The van der Waals surface area contributed by atoms with E-state index >= 15 is 0 Å². The van der Waals surface area contributed by atoms with Crippen LogP contribution in [0.1, 0.15) is 37.5 Å². The molecule has 7 heteroatoms. The summed E-state index contributed by atoms with van der Waals surface area (Å²) in [6, 6.07) is 16.6. The Labute approximate surface area is 198 Å². The molecule has 1 N–H and O–H groups in total. The fourth-order valence-corrected chi connectivity index (χ4v) is 2.24. The van der Waals surface area contributed by atoms with E-state index in [0.29, 0.717) is 0 Å². The second kappa shape index (κ2) is 24.2. The van der Waals surface area contributed by atoms with Gasteiger partial charge in [0.15, 0.2) is 0 Å². The van der Waals surface area contributed by atoms with Gasteiger partial charge in [-0.05, 0) is 0 Å². The van der Waals surface area contributed by atoms with E-state index in [1.165, 1.54) is 5.56 Å². The molecule has 0 aromatic heterocycles. The van der Waals surface area contributed by atoms with Crippen LogP contribution < -0.4 is 5.32 Å². The number of hydrogen-bond donors (Lipinski definition) is 1. The van der Waals surface area contributed by atoms with Gasteiger partial charge in [0.05, 0.1) is 0 Å². The number of hydrogen-bond acceptors (Lipinski definition) is 1. The SMILES string of the molecule is Cc1ccc([C](=[Cr])Nc2ccccc2C#CC(C)(C)C)cc1.[C-]#[O+].[C-]#[O+].[C-]#[O+].[C-]#[O+].[C-]#[O+]. The van der Waals surface area contributed by atoms with Crippen LogP contribution in [0.3, 0.4) is 0 Å². The Kier molecular flexibility index (Phi) is 27.4. The van der Waals surface area contributed by atoms with Gasteiger partial charge in [-0.2, -0.15) is 0 Å². The molecule has 0 radical (unpaired) electrons. The van der Waals surface area contributed by atoms with Gasteiger partial charge in [-0.25, -0.2) is 0 Å². The van der Waals surface area contributed by atoms with Crippen LogP contribution in [0.15, 0.2) is 48.5 Å². The number of aryl methyl sites for hydroxylation is 1. The summed E-state index contributed by atoms with van der Waals surface area (Å²) in [4.78, 5) is 0. The van der Waals surface area contributed by atoms with Crippen molar-refractivity contribution < 1.29 is 39.1 Å². The summed E-state index contributed by atoms with van der Waals surface area (Å²) in [6.45, 7) is 30.9.